The summed E-state index contributed by atoms with van der Waals surface area (Å²) < 4.78 is 33.2. The molecule has 5 heteroatoms. The Morgan fingerprint density at radius 1 is 0.944 bits per heavy atom. The Balaban J connectivity index is 2.11. The highest BCUT2D eigenvalue weighted by molar-refractivity contribution is 9.10. The monoisotopic (exact) mass is 376 g/mol. The fourth-order valence-corrected chi connectivity index (χ4v) is 2.29. The summed E-state index contributed by atoms with van der Waals surface area (Å²) in [6.07, 6.45) is 0. The van der Waals surface area contributed by atoms with Crippen molar-refractivity contribution < 1.29 is 13.5 Å². The first-order valence-corrected chi connectivity index (χ1v) is 6.66. The van der Waals surface area contributed by atoms with Crippen molar-refractivity contribution >= 4 is 31.9 Å². The van der Waals surface area contributed by atoms with Crippen LogP contribution in [0.15, 0.2) is 45.3 Å². The zero-order chi connectivity index (χ0) is 13.1. The zero-order valence-electron chi connectivity index (χ0n) is 9.09. The van der Waals surface area contributed by atoms with Crippen molar-refractivity contribution in [1.82, 2.24) is 0 Å². The first-order valence-electron chi connectivity index (χ1n) is 5.07. The van der Waals surface area contributed by atoms with E-state index in [1.54, 1.807) is 12.1 Å². The van der Waals surface area contributed by atoms with E-state index in [1.807, 2.05) is 0 Å². The molecular formula is C13H8Br2F2O. The van der Waals surface area contributed by atoms with E-state index in [0.29, 0.717) is 14.5 Å². The van der Waals surface area contributed by atoms with E-state index in [4.69, 9.17) is 4.74 Å². The van der Waals surface area contributed by atoms with Crippen LogP contribution in [0.4, 0.5) is 8.78 Å². The van der Waals surface area contributed by atoms with Gasteiger partial charge < -0.3 is 4.74 Å². The Morgan fingerprint density at radius 3 is 2.39 bits per heavy atom. The van der Waals surface area contributed by atoms with Gasteiger partial charge in [-0.25, -0.2) is 8.78 Å². The first-order chi connectivity index (χ1) is 8.54. The van der Waals surface area contributed by atoms with Crippen LogP contribution in [0.25, 0.3) is 0 Å². The molecule has 2 rings (SSSR count). The van der Waals surface area contributed by atoms with Gasteiger partial charge in [0.25, 0.3) is 0 Å². The molecule has 0 amide bonds. The third-order valence-electron chi connectivity index (χ3n) is 2.21. The highest BCUT2D eigenvalue weighted by Gasteiger charge is 2.05. The molecule has 2 aromatic carbocycles. The maximum Gasteiger partial charge on any atom is 0.166 e. The maximum atomic E-state index is 13.5. The fourth-order valence-electron chi connectivity index (χ4n) is 1.45. The number of halogens is 4. The summed E-state index contributed by atoms with van der Waals surface area (Å²) in [5.74, 6) is -0.683. The lowest BCUT2D eigenvalue weighted by Gasteiger charge is -2.08. The third kappa shape index (κ3) is 3.53. The van der Waals surface area contributed by atoms with Crippen LogP contribution >= 0.6 is 31.9 Å². The lowest BCUT2D eigenvalue weighted by molar-refractivity contribution is 0.289. The van der Waals surface area contributed by atoms with Crippen LogP contribution in [0.5, 0.6) is 5.75 Å². The van der Waals surface area contributed by atoms with Crippen molar-refractivity contribution in [2.75, 3.05) is 0 Å². The minimum absolute atomic E-state index is 0.106. The van der Waals surface area contributed by atoms with E-state index in [-0.39, 0.29) is 18.2 Å². The molecule has 2 aromatic rings. The first kappa shape index (κ1) is 13.5. The Kier molecular flexibility index (Phi) is 4.35. The highest BCUT2D eigenvalue weighted by Crippen LogP contribution is 2.23. The molecule has 0 saturated carbocycles. The second-order valence-corrected chi connectivity index (χ2v) is 5.47. The van der Waals surface area contributed by atoms with E-state index < -0.39 is 5.82 Å². The van der Waals surface area contributed by atoms with E-state index in [2.05, 4.69) is 31.9 Å². The van der Waals surface area contributed by atoms with E-state index in [9.17, 15) is 8.78 Å². The minimum Gasteiger partial charge on any atom is -0.486 e. The molecule has 0 aliphatic carbocycles. The molecule has 18 heavy (non-hydrogen) atoms. The van der Waals surface area contributed by atoms with Gasteiger partial charge in [-0.15, -0.1) is 0 Å². The third-order valence-corrected chi connectivity index (χ3v) is 3.16. The van der Waals surface area contributed by atoms with E-state index >= 15 is 0 Å². The summed E-state index contributed by atoms with van der Waals surface area (Å²) in [4.78, 5) is 0. The quantitative estimate of drug-likeness (QED) is 0.725. The van der Waals surface area contributed by atoms with Crippen molar-refractivity contribution in [2.24, 2.45) is 0 Å². The SMILES string of the molecule is Fc1cc(Br)cc(COc2ccc(Br)cc2F)c1. The Bertz CT molecular complexity index is 553. The summed E-state index contributed by atoms with van der Waals surface area (Å²) in [5, 5.41) is 0. The summed E-state index contributed by atoms with van der Waals surface area (Å²) >= 11 is 6.35. The van der Waals surface area contributed by atoms with Crippen LogP contribution in [0.3, 0.4) is 0 Å². The van der Waals surface area contributed by atoms with Crippen molar-refractivity contribution in [2.45, 2.75) is 6.61 Å². The van der Waals surface area contributed by atoms with Gasteiger partial charge in [-0.3, -0.25) is 0 Å². The Hall–Kier alpha value is -0.940. The number of benzene rings is 2. The molecule has 0 bridgehead atoms. The summed E-state index contributed by atoms with van der Waals surface area (Å²) in [6, 6.07) is 8.94. The second kappa shape index (κ2) is 5.80. The summed E-state index contributed by atoms with van der Waals surface area (Å²) in [6.45, 7) is 0.106. The lowest BCUT2D eigenvalue weighted by atomic mass is 10.2. The van der Waals surface area contributed by atoms with Gasteiger partial charge in [-0.05, 0) is 42.0 Å². The van der Waals surface area contributed by atoms with E-state index in [1.165, 1.54) is 24.3 Å². The molecule has 0 aliphatic heterocycles. The smallest absolute Gasteiger partial charge is 0.166 e. The van der Waals surface area contributed by atoms with Crippen molar-refractivity contribution in [3.63, 3.8) is 0 Å². The standard InChI is InChI=1S/C13H8Br2F2O/c14-9-1-2-13(12(17)6-9)18-7-8-3-10(15)5-11(16)4-8/h1-6H,7H2. The number of rotatable bonds is 3. The zero-order valence-corrected chi connectivity index (χ0v) is 12.3. The van der Waals surface area contributed by atoms with Crippen LogP contribution in [0.1, 0.15) is 5.56 Å². The lowest BCUT2D eigenvalue weighted by Crippen LogP contribution is -1.98. The van der Waals surface area contributed by atoms with Crippen molar-refractivity contribution in [1.29, 1.82) is 0 Å². The predicted octanol–water partition coefficient (Wildman–Crippen LogP) is 5.07. The minimum atomic E-state index is -0.458. The van der Waals surface area contributed by atoms with Gasteiger partial charge in [0.05, 0.1) is 0 Å². The largest absolute Gasteiger partial charge is 0.486 e. The summed E-state index contributed by atoms with van der Waals surface area (Å²) in [7, 11) is 0. The molecule has 0 atom stereocenters. The normalized spacial score (nSPS) is 10.4. The van der Waals surface area contributed by atoms with Gasteiger partial charge in [0.2, 0.25) is 0 Å². The molecule has 0 N–H and O–H groups in total. The van der Waals surface area contributed by atoms with Gasteiger partial charge in [0.1, 0.15) is 12.4 Å². The van der Waals surface area contributed by atoms with Crippen LogP contribution in [-0.4, -0.2) is 0 Å². The van der Waals surface area contributed by atoms with Gasteiger partial charge in [-0.2, -0.15) is 0 Å². The van der Waals surface area contributed by atoms with E-state index in [0.717, 1.165) is 0 Å². The average Bonchev–Trinajstić information content (AvgIpc) is 2.26. The second-order valence-electron chi connectivity index (χ2n) is 3.64. The average molecular weight is 378 g/mol. The maximum absolute atomic E-state index is 13.5. The van der Waals surface area contributed by atoms with Gasteiger partial charge in [-0.1, -0.05) is 31.9 Å². The van der Waals surface area contributed by atoms with Crippen molar-refractivity contribution in [3.8, 4) is 5.75 Å². The molecule has 94 valence electrons. The molecule has 0 aromatic heterocycles. The number of ether oxygens (including phenoxy) is 1. The molecule has 0 spiro atoms. The molecule has 0 fully saturated rings. The summed E-state index contributed by atoms with van der Waals surface area (Å²) in [5.41, 5.74) is 0.629. The molecule has 0 saturated heterocycles. The van der Waals surface area contributed by atoms with Crippen LogP contribution in [-0.2, 0) is 6.61 Å². The predicted molar refractivity (Wildman–Crippen MR) is 72.5 cm³/mol. The molecule has 0 radical (unpaired) electrons. The molecule has 0 aliphatic rings. The van der Waals surface area contributed by atoms with Gasteiger partial charge >= 0.3 is 0 Å². The Labute approximate surface area is 120 Å². The van der Waals surface area contributed by atoms with Crippen molar-refractivity contribution in [3.05, 3.63) is 62.5 Å². The fraction of sp³-hybridized carbons (Fsp3) is 0.0769. The number of hydrogen-bond acceptors (Lipinski definition) is 1. The van der Waals surface area contributed by atoms with Gasteiger partial charge in [0, 0.05) is 8.95 Å². The molecular weight excluding hydrogens is 370 g/mol. The molecule has 0 unspecified atom stereocenters. The van der Waals surface area contributed by atoms with Gasteiger partial charge in [0.15, 0.2) is 11.6 Å². The van der Waals surface area contributed by atoms with Crippen LogP contribution < -0.4 is 4.74 Å². The Morgan fingerprint density at radius 2 is 1.72 bits per heavy atom. The highest BCUT2D eigenvalue weighted by atomic mass is 79.9. The molecule has 0 heterocycles. The topological polar surface area (TPSA) is 9.23 Å². The number of hydrogen-bond donors (Lipinski definition) is 0. The molecule has 1 nitrogen and oxygen atoms in total. The van der Waals surface area contributed by atoms with Crippen LogP contribution in [0, 0.1) is 11.6 Å². The van der Waals surface area contributed by atoms with Crippen LogP contribution in [0.2, 0.25) is 0 Å².